The minimum atomic E-state index is 0.996. The summed E-state index contributed by atoms with van der Waals surface area (Å²) in [5.74, 6) is 0. The van der Waals surface area contributed by atoms with E-state index >= 15 is 0 Å². The van der Waals surface area contributed by atoms with Gasteiger partial charge in [0.05, 0.1) is 0 Å². The second-order valence-corrected chi connectivity index (χ2v) is 3.34. The first-order valence-corrected chi connectivity index (χ1v) is 4.53. The van der Waals surface area contributed by atoms with Gasteiger partial charge in [-0.05, 0) is 10.8 Å². The molecular weight excluding hydrogens is 174 g/mol. The Morgan fingerprint density at radius 2 is 1.93 bits per heavy atom. The van der Waals surface area contributed by atoms with Gasteiger partial charge in [-0.2, -0.15) is 15.3 Å². The van der Waals surface area contributed by atoms with Crippen LogP contribution >= 0.6 is 0 Å². The maximum atomic E-state index is 4.33. The van der Waals surface area contributed by atoms with Crippen LogP contribution < -0.4 is 0 Å². The zero-order chi connectivity index (χ0) is 9.54. The molecule has 0 radical (unpaired) electrons. The van der Waals surface area contributed by atoms with E-state index in [1.165, 1.54) is 5.39 Å². The van der Waals surface area contributed by atoms with Crippen LogP contribution in [0.5, 0.6) is 0 Å². The molecule has 0 saturated heterocycles. The van der Waals surface area contributed by atoms with Gasteiger partial charge < -0.3 is 0 Å². The number of hydrogen-bond donors (Lipinski definition) is 0. The second kappa shape index (κ2) is 2.54. The third-order valence-electron chi connectivity index (χ3n) is 2.37. The van der Waals surface area contributed by atoms with Gasteiger partial charge in [0.25, 0.3) is 0 Å². The van der Waals surface area contributed by atoms with E-state index in [9.17, 15) is 0 Å². The Kier molecular flexibility index (Phi) is 1.36. The fourth-order valence-electron chi connectivity index (χ4n) is 1.80. The van der Waals surface area contributed by atoms with E-state index in [2.05, 4.69) is 22.7 Å². The molecule has 3 rings (SSSR count). The van der Waals surface area contributed by atoms with Gasteiger partial charge in [0.2, 0.25) is 0 Å². The number of benzene rings is 2. The summed E-state index contributed by atoms with van der Waals surface area (Å²) in [7, 11) is 1.84. The number of rotatable bonds is 0. The summed E-state index contributed by atoms with van der Waals surface area (Å²) >= 11 is 0. The molecule has 1 heterocycles. The van der Waals surface area contributed by atoms with E-state index in [1.54, 1.807) is 4.81 Å². The lowest BCUT2D eigenvalue weighted by atomic mass is 10.1. The highest BCUT2D eigenvalue weighted by atomic mass is 15.5. The van der Waals surface area contributed by atoms with Gasteiger partial charge in [-0.25, -0.2) is 0 Å². The molecule has 0 fully saturated rings. The summed E-state index contributed by atoms with van der Waals surface area (Å²) in [6.45, 7) is 0. The second-order valence-electron chi connectivity index (χ2n) is 3.34. The van der Waals surface area contributed by atoms with E-state index in [-0.39, 0.29) is 0 Å². The first kappa shape index (κ1) is 7.50. The molecule has 3 heteroatoms. The third-order valence-corrected chi connectivity index (χ3v) is 2.37. The van der Waals surface area contributed by atoms with Crippen molar-refractivity contribution in [1.29, 1.82) is 0 Å². The minimum absolute atomic E-state index is 0.996. The predicted octanol–water partition coefficient (Wildman–Crippen LogP) is 3.50. The van der Waals surface area contributed by atoms with Gasteiger partial charge in [-0.3, -0.25) is 0 Å². The number of hydrogen-bond acceptors (Lipinski definition) is 1. The fraction of sp³-hybridized carbons (Fsp3) is 0.0909. The number of nitrogens with zero attached hydrogens (tertiary/aromatic N) is 3. The molecule has 68 valence electrons. The first-order valence-electron chi connectivity index (χ1n) is 4.53. The molecule has 0 aromatic heterocycles. The Morgan fingerprint density at radius 3 is 2.79 bits per heavy atom. The summed E-state index contributed by atoms with van der Waals surface area (Å²) in [6, 6.07) is 12.2. The highest BCUT2D eigenvalue weighted by molar-refractivity contribution is 6.02. The van der Waals surface area contributed by atoms with Gasteiger partial charge in [0.1, 0.15) is 0 Å². The van der Waals surface area contributed by atoms with E-state index < -0.39 is 0 Å². The third kappa shape index (κ3) is 0.923. The van der Waals surface area contributed by atoms with Crippen LogP contribution in [0.3, 0.4) is 0 Å². The molecule has 3 nitrogen and oxygen atoms in total. The lowest BCUT2D eigenvalue weighted by Crippen LogP contribution is -1.96. The van der Waals surface area contributed by atoms with Crippen molar-refractivity contribution in [2.75, 3.05) is 7.05 Å². The SMILES string of the molecule is C[N+]1=Nc2cccc3cccc(c23)[N-]1. The summed E-state index contributed by atoms with van der Waals surface area (Å²) in [6.07, 6.45) is 0. The normalized spacial score (nSPS) is 13.6. The van der Waals surface area contributed by atoms with Gasteiger partial charge in [0.15, 0.2) is 7.05 Å². The molecule has 1 aliphatic rings. The maximum absolute atomic E-state index is 4.33. The van der Waals surface area contributed by atoms with Crippen molar-refractivity contribution in [3.8, 4) is 0 Å². The summed E-state index contributed by atoms with van der Waals surface area (Å²) in [4.78, 5) is 1.61. The molecule has 2 aromatic rings. The maximum Gasteiger partial charge on any atom is 0.152 e. The molecule has 2 aromatic carbocycles. The Bertz CT molecular complexity index is 538. The predicted molar refractivity (Wildman–Crippen MR) is 55.2 cm³/mol. The molecule has 0 spiro atoms. The average Bonchev–Trinajstić information content (AvgIpc) is 2.18. The van der Waals surface area contributed by atoms with Gasteiger partial charge >= 0.3 is 0 Å². The monoisotopic (exact) mass is 183 g/mol. The molecule has 0 atom stereocenters. The minimum Gasteiger partial charge on any atom is -0.187 e. The van der Waals surface area contributed by atoms with Crippen molar-refractivity contribution in [1.82, 2.24) is 0 Å². The topological polar surface area (TPSA) is 29.5 Å². The summed E-state index contributed by atoms with van der Waals surface area (Å²) < 4.78 is 0. The van der Waals surface area contributed by atoms with Crippen LogP contribution in [0.4, 0.5) is 11.4 Å². The van der Waals surface area contributed by atoms with E-state index in [1.807, 2.05) is 31.3 Å². The Hall–Kier alpha value is -1.90. The molecule has 0 amide bonds. The first-order chi connectivity index (χ1) is 6.84. The summed E-state index contributed by atoms with van der Waals surface area (Å²) in [5, 5.41) is 6.67. The Balaban J connectivity index is 2.50. The van der Waals surface area contributed by atoms with Gasteiger partial charge in [0, 0.05) is 11.4 Å². The quantitative estimate of drug-likeness (QED) is 0.559. The Labute approximate surface area is 81.6 Å². The van der Waals surface area contributed by atoms with Crippen molar-refractivity contribution in [3.05, 3.63) is 41.8 Å². The van der Waals surface area contributed by atoms with Crippen molar-refractivity contribution in [2.24, 2.45) is 5.11 Å². The smallest absolute Gasteiger partial charge is 0.152 e. The van der Waals surface area contributed by atoms with Crippen LogP contribution in [0, 0.1) is 0 Å². The van der Waals surface area contributed by atoms with E-state index in [0.717, 1.165) is 16.8 Å². The molecule has 14 heavy (non-hydrogen) atoms. The molecule has 0 saturated carbocycles. The molecule has 1 aliphatic heterocycles. The van der Waals surface area contributed by atoms with Gasteiger partial charge in [-0.1, -0.05) is 36.4 Å². The van der Waals surface area contributed by atoms with Crippen molar-refractivity contribution < 1.29 is 4.81 Å². The zero-order valence-corrected chi connectivity index (χ0v) is 7.81. The van der Waals surface area contributed by atoms with Gasteiger partial charge in [-0.15, -0.1) is 0 Å². The molecule has 0 aliphatic carbocycles. The number of azo groups is 1. The van der Waals surface area contributed by atoms with Crippen LogP contribution in [-0.2, 0) is 0 Å². The molecular formula is C11H9N3. The highest BCUT2D eigenvalue weighted by Gasteiger charge is 2.08. The summed E-state index contributed by atoms with van der Waals surface area (Å²) in [5.41, 5.74) is 6.32. The molecule has 0 unspecified atom stereocenters. The van der Waals surface area contributed by atoms with Crippen LogP contribution in [0.15, 0.2) is 41.5 Å². The van der Waals surface area contributed by atoms with E-state index in [4.69, 9.17) is 0 Å². The lowest BCUT2D eigenvalue weighted by Gasteiger charge is -2.17. The van der Waals surface area contributed by atoms with Crippen LogP contribution in [-0.4, -0.2) is 11.9 Å². The average molecular weight is 183 g/mol. The highest BCUT2D eigenvalue weighted by Crippen LogP contribution is 2.39. The van der Waals surface area contributed by atoms with Crippen molar-refractivity contribution in [2.45, 2.75) is 0 Å². The fourth-order valence-corrected chi connectivity index (χ4v) is 1.80. The zero-order valence-electron chi connectivity index (χ0n) is 7.81. The molecule has 0 N–H and O–H groups in total. The standard InChI is InChI=1S/C11H9N3/c1-14-12-9-6-2-4-8-5-3-7-10(13-14)11(8)9/h2-7H,1H3. The van der Waals surface area contributed by atoms with Crippen molar-refractivity contribution >= 4 is 22.1 Å². The van der Waals surface area contributed by atoms with Crippen molar-refractivity contribution in [3.63, 3.8) is 0 Å². The lowest BCUT2D eigenvalue weighted by molar-refractivity contribution is -0.507. The van der Waals surface area contributed by atoms with Crippen LogP contribution in [0.2, 0.25) is 0 Å². The van der Waals surface area contributed by atoms with Crippen LogP contribution in [0.25, 0.3) is 16.2 Å². The van der Waals surface area contributed by atoms with Crippen LogP contribution in [0.1, 0.15) is 0 Å². The van der Waals surface area contributed by atoms with E-state index in [0.29, 0.717) is 0 Å². The molecule has 0 bridgehead atoms. The Morgan fingerprint density at radius 1 is 1.14 bits per heavy atom. The largest absolute Gasteiger partial charge is 0.187 e.